The van der Waals surface area contributed by atoms with Gasteiger partial charge in [-0.3, -0.25) is 0 Å². The molecule has 3 heteroatoms. The SMILES string of the molecule is CC[N+](C)(CC)C[C@@H](O)COc1ccc(-c2ccccc2)cc1. The Labute approximate surface area is 139 Å². The quantitative estimate of drug-likeness (QED) is 0.755. The van der Waals surface area contributed by atoms with Crippen molar-refractivity contribution in [2.75, 3.05) is 33.3 Å². The lowest BCUT2D eigenvalue weighted by molar-refractivity contribution is -0.909. The van der Waals surface area contributed by atoms with Crippen LogP contribution >= 0.6 is 0 Å². The molecule has 3 nitrogen and oxygen atoms in total. The van der Waals surface area contributed by atoms with Gasteiger partial charge in [0.15, 0.2) is 0 Å². The van der Waals surface area contributed by atoms with Gasteiger partial charge in [0.2, 0.25) is 0 Å². The summed E-state index contributed by atoms with van der Waals surface area (Å²) in [5.41, 5.74) is 2.36. The van der Waals surface area contributed by atoms with Gasteiger partial charge in [-0.05, 0) is 37.1 Å². The van der Waals surface area contributed by atoms with Gasteiger partial charge in [-0.25, -0.2) is 0 Å². The van der Waals surface area contributed by atoms with Gasteiger partial charge in [-0.1, -0.05) is 42.5 Å². The van der Waals surface area contributed by atoms with Crippen LogP contribution in [0.3, 0.4) is 0 Å². The van der Waals surface area contributed by atoms with E-state index in [2.05, 4.69) is 45.2 Å². The molecule has 0 aliphatic carbocycles. The highest BCUT2D eigenvalue weighted by molar-refractivity contribution is 5.63. The molecule has 1 atom stereocenters. The minimum atomic E-state index is -0.450. The van der Waals surface area contributed by atoms with Gasteiger partial charge in [0, 0.05) is 0 Å². The minimum absolute atomic E-state index is 0.332. The summed E-state index contributed by atoms with van der Waals surface area (Å²) >= 11 is 0. The molecule has 0 saturated carbocycles. The van der Waals surface area contributed by atoms with Crippen LogP contribution in [0.15, 0.2) is 54.6 Å². The highest BCUT2D eigenvalue weighted by Gasteiger charge is 2.21. The third kappa shape index (κ3) is 5.08. The van der Waals surface area contributed by atoms with Crippen molar-refractivity contribution in [3.8, 4) is 16.9 Å². The molecule has 23 heavy (non-hydrogen) atoms. The van der Waals surface area contributed by atoms with Crippen molar-refractivity contribution < 1.29 is 14.3 Å². The molecule has 0 aromatic heterocycles. The molecular weight excluding hydrogens is 286 g/mol. The summed E-state index contributed by atoms with van der Waals surface area (Å²) in [7, 11) is 2.16. The molecule has 124 valence electrons. The Hall–Kier alpha value is -1.84. The number of aliphatic hydroxyl groups excluding tert-OH is 1. The summed E-state index contributed by atoms with van der Waals surface area (Å²) in [4.78, 5) is 0. The highest BCUT2D eigenvalue weighted by atomic mass is 16.5. The molecule has 2 aromatic carbocycles. The maximum absolute atomic E-state index is 10.2. The molecule has 0 aliphatic heterocycles. The normalized spacial score (nSPS) is 12.9. The van der Waals surface area contributed by atoms with E-state index in [0.717, 1.165) is 29.9 Å². The van der Waals surface area contributed by atoms with E-state index in [1.807, 2.05) is 30.3 Å². The molecule has 0 bridgehead atoms. The number of hydrogen-bond acceptors (Lipinski definition) is 2. The Bertz CT molecular complexity index is 576. The van der Waals surface area contributed by atoms with Gasteiger partial charge < -0.3 is 14.3 Å². The fourth-order valence-electron chi connectivity index (χ4n) is 2.61. The summed E-state index contributed by atoms with van der Waals surface area (Å²) < 4.78 is 6.59. The molecule has 0 aliphatic rings. The molecule has 2 aromatic rings. The molecule has 2 rings (SSSR count). The largest absolute Gasteiger partial charge is 0.491 e. The van der Waals surface area contributed by atoms with Crippen LogP contribution in [-0.2, 0) is 0 Å². The van der Waals surface area contributed by atoms with Gasteiger partial charge in [0.25, 0.3) is 0 Å². The number of quaternary nitrogens is 1. The highest BCUT2D eigenvalue weighted by Crippen LogP contribution is 2.22. The van der Waals surface area contributed by atoms with Crippen LogP contribution in [-0.4, -0.2) is 49.0 Å². The van der Waals surface area contributed by atoms with E-state index in [-0.39, 0.29) is 0 Å². The number of likely N-dealkylation sites (N-methyl/N-ethyl adjacent to an activating group) is 1. The second kappa shape index (κ2) is 8.14. The van der Waals surface area contributed by atoms with Gasteiger partial charge >= 0.3 is 0 Å². The average Bonchev–Trinajstić information content (AvgIpc) is 2.61. The van der Waals surface area contributed by atoms with Crippen molar-refractivity contribution >= 4 is 0 Å². The van der Waals surface area contributed by atoms with E-state index in [1.54, 1.807) is 0 Å². The first-order valence-corrected chi connectivity index (χ1v) is 8.36. The zero-order valence-corrected chi connectivity index (χ0v) is 14.4. The second-order valence-electron chi connectivity index (χ2n) is 6.29. The standard InChI is InChI=1S/C20H28NO2/c1-4-21(3,5-2)15-19(22)16-23-20-13-11-18(12-14-20)17-9-7-6-8-10-17/h6-14,19,22H,4-5,15-16H2,1-3H3/q+1/t19-/m1/s1. The molecule has 0 radical (unpaired) electrons. The molecule has 0 heterocycles. The van der Waals surface area contributed by atoms with Crippen molar-refractivity contribution in [1.29, 1.82) is 0 Å². The smallest absolute Gasteiger partial charge is 0.137 e. The monoisotopic (exact) mass is 314 g/mol. The van der Waals surface area contributed by atoms with Crippen LogP contribution in [0.4, 0.5) is 0 Å². The third-order valence-corrected chi connectivity index (χ3v) is 4.58. The fraction of sp³-hybridized carbons (Fsp3) is 0.400. The predicted molar refractivity (Wildman–Crippen MR) is 95.5 cm³/mol. The first kappa shape index (κ1) is 17.5. The van der Waals surface area contributed by atoms with E-state index >= 15 is 0 Å². The first-order valence-electron chi connectivity index (χ1n) is 8.36. The number of nitrogens with zero attached hydrogens (tertiary/aromatic N) is 1. The third-order valence-electron chi connectivity index (χ3n) is 4.58. The van der Waals surface area contributed by atoms with Gasteiger partial charge in [-0.2, -0.15) is 0 Å². The van der Waals surface area contributed by atoms with Gasteiger partial charge in [0.05, 0.1) is 20.1 Å². The maximum atomic E-state index is 10.2. The van der Waals surface area contributed by atoms with Gasteiger partial charge in [-0.15, -0.1) is 0 Å². The molecule has 0 amide bonds. The molecule has 0 spiro atoms. The minimum Gasteiger partial charge on any atom is -0.491 e. The molecule has 0 fully saturated rings. The Morgan fingerprint density at radius 3 is 2.04 bits per heavy atom. The van der Waals surface area contributed by atoms with Crippen molar-refractivity contribution in [3.05, 3.63) is 54.6 Å². The zero-order chi connectivity index (χ0) is 16.7. The lowest BCUT2D eigenvalue weighted by Crippen LogP contribution is -2.49. The summed E-state index contributed by atoms with van der Waals surface area (Å²) in [6.07, 6.45) is -0.450. The summed E-state index contributed by atoms with van der Waals surface area (Å²) in [6, 6.07) is 18.3. The fourth-order valence-corrected chi connectivity index (χ4v) is 2.61. The second-order valence-corrected chi connectivity index (χ2v) is 6.29. The number of hydrogen-bond donors (Lipinski definition) is 1. The van der Waals surface area contributed by atoms with Crippen molar-refractivity contribution in [2.45, 2.75) is 20.0 Å². The number of rotatable bonds is 8. The van der Waals surface area contributed by atoms with E-state index < -0.39 is 6.10 Å². The lowest BCUT2D eigenvalue weighted by atomic mass is 10.1. The molecule has 0 unspecified atom stereocenters. The summed E-state index contributed by atoms with van der Waals surface area (Å²) in [5.74, 6) is 0.797. The lowest BCUT2D eigenvalue weighted by Gasteiger charge is -2.33. The van der Waals surface area contributed by atoms with Crippen molar-refractivity contribution in [2.24, 2.45) is 0 Å². The Balaban J connectivity index is 1.89. The average molecular weight is 314 g/mol. The Morgan fingerprint density at radius 2 is 1.48 bits per heavy atom. The van der Waals surface area contributed by atoms with Crippen LogP contribution in [0.2, 0.25) is 0 Å². The number of benzene rings is 2. The first-order chi connectivity index (χ1) is 11.1. The van der Waals surface area contributed by atoms with Crippen LogP contribution in [0.5, 0.6) is 5.75 Å². The van der Waals surface area contributed by atoms with Crippen LogP contribution in [0.1, 0.15) is 13.8 Å². The van der Waals surface area contributed by atoms with Crippen molar-refractivity contribution in [1.82, 2.24) is 0 Å². The van der Waals surface area contributed by atoms with E-state index in [0.29, 0.717) is 6.61 Å². The number of ether oxygens (including phenoxy) is 1. The topological polar surface area (TPSA) is 29.5 Å². The maximum Gasteiger partial charge on any atom is 0.137 e. The Morgan fingerprint density at radius 1 is 0.913 bits per heavy atom. The van der Waals surface area contributed by atoms with E-state index in [4.69, 9.17) is 4.74 Å². The van der Waals surface area contributed by atoms with Crippen LogP contribution in [0.25, 0.3) is 11.1 Å². The van der Waals surface area contributed by atoms with E-state index in [9.17, 15) is 5.11 Å². The van der Waals surface area contributed by atoms with Gasteiger partial charge in [0.1, 0.15) is 25.0 Å². The van der Waals surface area contributed by atoms with Crippen molar-refractivity contribution in [3.63, 3.8) is 0 Å². The molecular formula is C20H28NO2+. The zero-order valence-electron chi connectivity index (χ0n) is 14.4. The molecule has 0 saturated heterocycles. The predicted octanol–water partition coefficient (Wildman–Crippen LogP) is 3.58. The van der Waals surface area contributed by atoms with Crippen LogP contribution < -0.4 is 4.74 Å². The Kier molecular flexibility index (Phi) is 6.20. The molecule has 1 N–H and O–H groups in total. The summed E-state index contributed by atoms with van der Waals surface area (Å²) in [6.45, 7) is 7.38. The van der Waals surface area contributed by atoms with E-state index in [1.165, 1.54) is 11.1 Å². The number of aliphatic hydroxyl groups is 1. The summed E-state index contributed by atoms with van der Waals surface area (Å²) in [5, 5.41) is 10.2. The van der Waals surface area contributed by atoms with Crippen LogP contribution in [0, 0.1) is 0 Å².